The van der Waals surface area contributed by atoms with Crippen molar-refractivity contribution in [2.45, 2.75) is 5.41 Å². The number of furan rings is 1. The Morgan fingerprint density at radius 2 is 0.732 bits per heavy atom. The number of benzene rings is 9. The lowest BCUT2D eigenvalue weighted by Gasteiger charge is -2.30. The predicted molar refractivity (Wildman–Crippen MR) is 232 cm³/mol. The normalized spacial score (nSPS) is 13.1. The first-order valence-electron chi connectivity index (χ1n) is 19.4. The molecule has 1 spiro atoms. The highest BCUT2D eigenvalue weighted by atomic mass is 16.3. The second-order valence-corrected chi connectivity index (χ2v) is 15.2. The van der Waals surface area contributed by atoms with Crippen LogP contribution in [0.25, 0.3) is 88.7 Å². The highest BCUT2D eigenvalue weighted by molar-refractivity contribution is 6.10. The summed E-state index contributed by atoms with van der Waals surface area (Å²) in [5.74, 6) is 0. The van der Waals surface area contributed by atoms with Crippen molar-refractivity contribution in [3.63, 3.8) is 0 Å². The first kappa shape index (κ1) is 31.2. The number of rotatable bonds is 4. The predicted octanol–water partition coefficient (Wildman–Crippen LogP) is 14.6. The van der Waals surface area contributed by atoms with Gasteiger partial charge in [-0.1, -0.05) is 176 Å². The molecular formula is C55H34O. The molecule has 0 radical (unpaired) electrons. The van der Waals surface area contributed by atoms with E-state index >= 15 is 0 Å². The smallest absolute Gasteiger partial charge is 0.143 e. The molecule has 2 aliphatic rings. The summed E-state index contributed by atoms with van der Waals surface area (Å²) in [5, 5.41) is 2.27. The van der Waals surface area contributed by atoms with E-state index < -0.39 is 5.41 Å². The molecule has 56 heavy (non-hydrogen) atoms. The summed E-state index contributed by atoms with van der Waals surface area (Å²) in [6, 6.07) is 75.8. The Bertz CT molecular complexity index is 3120. The van der Waals surface area contributed by atoms with Crippen LogP contribution in [0.2, 0.25) is 0 Å². The van der Waals surface area contributed by atoms with E-state index in [9.17, 15) is 0 Å². The molecule has 260 valence electrons. The van der Waals surface area contributed by atoms with Crippen LogP contribution in [0.4, 0.5) is 0 Å². The molecule has 0 bridgehead atoms. The average Bonchev–Trinajstić information content (AvgIpc) is 3.91. The molecule has 10 aromatic rings. The Hall–Kier alpha value is -7.22. The third kappa shape index (κ3) is 4.37. The van der Waals surface area contributed by atoms with Crippen LogP contribution < -0.4 is 0 Å². The van der Waals surface area contributed by atoms with Gasteiger partial charge in [-0.2, -0.15) is 0 Å². The molecule has 1 nitrogen and oxygen atoms in total. The first-order chi connectivity index (χ1) is 27.8. The zero-order valence-electron chi connectivity index (χ0n) is 30.5. The molecule has 0 unspecified atom stereocenters. The summed E-state index contributed by atoms with van der Waals surface area (Å²) in [4.78, 5) is 0. The average molecular weight is 711 g/mol. The van der Waals surface area contributed by atoms with Gasteiger partial charge in [-0.25, -0.2) is 0 Å². The summed E-state index contributed by atoms with van der Waals surface area (Å²) >= 11 is 0. The van der Waals surface area contributed by atoms with E-state index in [1.165, 1.54) is 77.9 Å². The Balaban J connectivity index is 1.09. The van der Waals surface area contributed by atoms with E-state index in [0.29, 0.717) is 0 Å². The third-order valence-electron chi connectivity index (χ3n) is 12.3. The highest BCUT2D eigenvalue weighted by Crippen LogP contribution is 2.63. The van der Waals surface area contributed by atoms with Gasteiger partial charge in [0.15, 0.2) is 0 Å². The number of para-hydroxylation sites is 2. The standard InChI is InChI=1S/C55H34O/c1-2-13-35(14-3-1)36-25-27-37(28-26-36)39-31-40(33-41(32-39)42-19-12-20-48-47-18-7-11-24-53(47)56-54(42)48)38-29-30-46-45-17-6-10-23-51(45)55(52(46)34-38)49-21-8-4-15-43(49)44-16-5-9-22-50(44)55/h1-34H. The highest BCUT2D eigenvalue weighted by Gasteiger charge is 2.51. The lowest BCUT2D eigenvalue weighted by Crippen LogP contribution is -2.25. The molecule has 0 atom stereocenters. The summed E-state index contributed by atoms with van der Waals surface area (Å²) in [7, 11) is 0. The van der Waals surface area contributed by atoms with Crippen molar-refractivity contribution < 1.29 is 4.42 Å². The first-order valence-corrected chi connectivity index (χ1v) is 19.4. The minimum atomic E-state index is -0.400. The van der Waals surface area contributed by atoms with Crippen molar-refractivity contribution in [1.29, 1.82) is 0 Å². The fourth-order valence-electron chi connectivity index (χ4n) is 9.85. The van der Waals surface area contributed by atoms with E-state index in [1.54, 1.807) is 0 Å². The molecule has 0 aliphatic heterocycles. The molecule has 1 aromatic heterocycles. The fourth-order valence-corrected chi connectivity index (χ4v) is 9.85. The van der Waals surface area contributed by atoms with Crippen molar-refractivity contribution in [3.05, 3.63) is 229 Å². The van der Waals surface area contributed by atoms with Crippen molar-refractivity contribution in [2.24, 2.45) is 0 Å². The van der Waals surface area contributed by atoms with Gasteiger partial charge >= 0.3 is 0 Å². The van der Waals surface area contributed by atoms with Gasteiger partial charge in [0.1, 0.15) is 11.2 Å². The molecule has 0 fully saturated rings. The summed E-state index contributed by atoms with van der Waals surface area (Å²) in [6.45, 7) is 0. The van der Waals surface area contributed by atoms with Crippen molar-refractivity contribution in [3.8, 4) is 66.8 Å². The zero-order valence-corrected chi connectivity index (χ0v) is 30.5. The van der Waals surface area contributed by atoms with Gasteiger partial charge in [-0.15, -0.1) is 0 Å². The largest absolute Gasteiger partial charge is 0.455 e. The third-order valence-corrected chi connectivity index (χ3v) is 12.3. The van der Waals surface area contributed by atoms with Crippen molar-refractivity contribution >= 4 is 21.9 Å². The monoisotopic (exact) mass is 710 g/mol. The van der Waals surface area contributed by atoms with Crippen LogP contribution in [0.1, 0.15) is 22.3 Å². The maximum atomic E-state index is 6.62. The topological polar surface area (TPSA) is 13.1 Å². The van der Waals surface area contributed by atoms with Crippen LogP contribution >= 0.6 is 0 Å². The fraction of sp³-hybridized carbons (Fsp3) is 0.0182. The second kappa shape index (κ2) is 11.9. The Labute approximate surface area is 325 Å². The molecule has 12 rings (SSSR count). The van der Waals surface area contributed by atoms with Crippen LogP contribution in [0.3, 0.4) is 0 Å². The van der Waals surface area contributed by atoms with E-state index in [1.807, 2.05) is 6.07 Å². The molecule has 0 saturated carbocycles. The van der Waals surface area contributed by atoms with Gasteiger partial charge in [0.05, 0.1) is 5.41 Å². The van der Waals surface area contributed by atoms with Crippen LogP contribution in [-0.2, 0) is 5.41 Å². The second-order valence-electron chi connectivity index (χ2n) is 15.2. The Morgan fingerprint density at radius 3 is 1.41 bits per heavy atom. The van der Waals surface area contributed by atoms with E-state index in [0.717, 1.165) is 33.1 Å². The minimum Gasteiger partial charge on any atom is -0.455 e. The lowest BCUT2D eigenvalue weighted by molar-refractivity contribution is 0.670. The van der Waals surface area contributed by atoms with E-state index in [2.05, 4.69) is 200 Å². The quantitative estimate of drug-likeness (QED) is 0.177. The summed E-state index contributed by atoms with van der Waals surface area (Å²) in [5.41, 5.74) is 21.4. The number of hydrogen-bond acceptors (Lipinski definition) is 1. The number of hydrogen-bond donors (Lipinski definition) is 0. The van der Waals surface area contributed by atoms with Crippen LogP contribution in [0, 0.1) is 0 Å². The molecule has 9 aromatic carbocycles. The molecule has 0 saturated heterocycles. The van der Waals surface area contributed by atoms with E-state index in [-0.39, 0.29) is 0 Å². The van der Waals surface area contributed by atoms with Gasteiger partial charge in [0.2, 0.25) is 0 Å². The number of fused-ring (bicyclic) bond motifs is 13. The Morgan fingerprint density at radius 1 is 0.268 bits per heavy atom. The Kier molecular flexibility index (Phi) is 6.62. The van der Waals surface area contributed by atoms with Crippen molar-refractivity contribution in [2.75, 3.05) is 0 Å². The van der Waals surface area contributed by atoms with Gasteiger partial charge in [-0.3, -0.25) is 0 Å². The molecule has 0 N–H and O–H groups in total. The minimum absolute atomic E-state index is 0.400. The molecule has 2 aliphatic carbocycles. The summed E-state index contributed by atoms with van der Waals surface area (Å²) < 4.78 is 6.62. The maximum Gasteiger partial charge on any atom is 0.143 e. The van der Waals surface area contributed by atoms with Gasteiger partial charge in [0.25, 0.3) is 0 Å². The van der Waals surface area contributed by atoms with Crippen LogP contribution in [0.5, 0.6) is 0 Å². The van der Waals surface area contributed by atoms with Crippen LogP contribution in [-0.4, -0.2) is 0 Å². The lowest BCUT2D eigenvalue weighted by atomic mass is 9.70. The molecule has 1 heterocycles. The molecular weight excluding hydrogens is 677 g/mol. The zero-order chi connectivity index (χ0) is 36.8. The van der Waals surface area contributed by atoms with E-state index in [4.69, 9.17) is 4.42 Å². The van der Waals surface area contributed by atoms with Gasteiger partial charge < -0.3 is 4.42 Å². The van der Waals surface area contributed by atoms with Gasteiger partial charge in [-0.05, 0) is 114 Å². The maximum absolute atomic E-state index is 6.62. The van der Waals surface area contributed by atoms with Crippen molar-refractivity contribution in [1.82, 2.24) is 0 Å². The van der Waals surface area contributed by atoms with Gasteiger partial charge in [0, 0.05) is 16.3 Å². The molecule has 1 heteroatoms. The molecule has 0 amide bonds. The SMILES string of the molecule is c1ccc(-c2ccc(-c3cc(-c4ccc5c(c4)C4(c6ccccc6-c6ccccc64)c4ccccc4-5)cc(-c4cccc5c4oc4ccccc45)c3)cc2)cc1. The van der Waals surface area contributed by atoms with Crippen LogP contribution in [0.15, 0.2) is 211 Å². The summed E-state index contributed by atoms with van der Waals surface area (Å²) in [6.07, 6.45) is 0.